The summed E-state index contributed by atoms with van der Waals surface area (Å²) < 4.78 is 17.4. The van der Waals surface area contributed by atoms with Gasteiger partial charge in [0.25, 0.3) is 11.7 Å². The number of carbonyl (C=O) groups is 2. The normalized spacial score (nSPS) is 16.7. The second kappa shape index (κ2) is 14.6. The summed E-state index contributed by atoms with van der Waals surface area (Å²) in [6.45, 7) is 6.22. The Morgan fingerprint density at radius 3 is 2.38 bits per heavy atom. The van der Waals surface area contributed by atoms with Gasteiger partial charge in [-0.15, -0.1) is 0 Å². The van der Waals surface area contributed by atoms with Crippen molar-refractivity contribution in [1.29, 1.82) is 0 Å². The van der Waals surface area contributed by atoms with E-state index in [0.717, 1.165) is 32.1 Å². The van der Waals surface area contributed by atoms with Crippen molar-refractivity contribution >= 4 is 17.4 Å². The van der Waals surface area contributed by atoms with Crippen molar-refractivity contribution in [3.63, 3.8) is 0 Å². The van der Waals surface area contributed by atoms with E-state index >= 15 is 0 Å². The van der Waals surface area contributed by atoms with Crippen LogP contribution >= 0.6 is 0 Å². The number of nitrogens with zero attached hydrogens (tertiary/aromatic N) is 2. The lowest BCUT2D eigenvalue weighted by atomic mass is 9.95. The first-order valence-corrected chi connectivity index (χ1v) is 13.8. The summed E-state index contributed by atoms with van der Waals surface area (Å²) in [5.41, 5.74) is 1.12. The van der Waals surface area contributed by atoms with Gasteiger partial charge < -0.3 is 29.1 Å². The van der Waals surface area contributed by atoms with Gasteiger partial charge in [-0.3, -0.25) is 9.59 Å². The molecule has 1 fully saturated rings. The Morgan fingerprint density at radius 2 is 1.69 bits per heavy atom. The van der Waals surface area contributed by atoms with Crippen LogP contribution in [-0.2, 0) is 9.59 Å². The number of ether oxygens (including phenoxy) is 3. The number of amides is 1. The van der Waals surface area contributed by atoms with Gasteiger partial charge >= 0.3 is 0 Å². The third-order valence-electron chi connectivity index (χ3n) is 6.71. The van der Waals surface area contributed by atoms with Crippen LogP contribution in [0.4, 0.5) is 0 Å². The average Bonchev–Trinajstić information content (AvgIpc) is 3.19. The number of likely N-dealkylation sites (N-methyl/N-ethyl adjacent to an activating group) is 1. The number of benzene rings is 2. The minimum absolute atomic E-state index is 0.0446. The number of ketones is 1. The number of hydrogen-bond donors (Lipinski definition) is 1. The molecular formula is C31H42N2O6. The average molecular weight is 539 g/mol. The number of Topliss-reactive ketones (excluding diaryl/α,β-unsaturated/α-hetero) is 1. The molecule has 1 aliphatic heterocycles. The molecule has 2 aromatic carbocycles. The minimum atomic E-state index is -0.780. The molecule has 3 rings (SSSR count). The zero-order chi connectivity index (χ0) is 28.4. The van der Waals surface area contributed by atoms with Crippen molar-refractivity contribution in [3.8, 4) is 17.2 Å². The highest BCUT2D eigenvalue weighted by molar-refractivity contribution is 6.46. The molecule has 1 atom stereocenters. The Balaban J connectivity index is 2.05. The van der Waals surface area contributed by atoms with Crippen molar-refractivity contribution in [2.75, 3.05) is 47.5 Å². The fourth-order valence-electron chi connectivity index (χ4n) is 4.50. The molecule has 0 bridgehead atoms. The Morgan fingerprint density at radius 1 is 0.949 bits per heavy atom. The molecule has 39 heavy (non-hydrogen) atoms. The van der Waals surface area contributed by atoms with E-state index in [2.05, 4.69) is 13.8 Å². The van der Waals surface area contributed by atoms with Gasteiger partial charge in [-0.25, -0.2) is 0 Å². The number of likely N-dealkylation sites (tertiary alicyclic amines) is 1. The van der Waals surface area contributed by atoms with Crippen molar-refractivity contribution in [3.05, 3.63) is 59.2 Å². The van der Waals surface area contributed by atoms with E-state index in [1.54, 1.807) is 37.4 Å². The molecule has 1 saturated heterocycles. The highest BCUT2D eigenvalue weighted by Gasteiger charge is 2.46. The number of aliphatic hydroxyl groups excluding tert-OH is 1. The summed E-state index contributed by atoms with van der Waals surface area (Å²) in [5.74, 6) is 0.112. The molecule has 1 aliphatic rings. The molecule has 8 heteroatoms. The second-order valence-electron chi connectivity index (χ2n) is 9.99. The van der Waals surface area contributed by atoms with Gasteiger partial charge in [-0.05, 0) is 56.8 Å². The predicted octanol–water partition coefficient (Wildman–Crippen LogP) is 5.43. The van der Waals surface area contributed by atoms with E-state index in [0.29, 0.717) is 54.7 Å². The van der Waals surface area contributed by atoms with Crippen molar-refractivity contribution < 1.29 is 28.9 Å². The van der Waals surface area contributed by atoms with Crippen molar-refractivity contribution in [2.24, 2.45) is 0 Å². The highest BCUT2D eigenvalue weighted by Crippen LogP contribution is 2.42. The third-order valence-corrected chi connectivity index (χ3v) is 6.71. The Hall–Kier alpha value is -3.52. The van der Waals surface area contributed by atoms with E-state index in [9.17, 15) is 14.7 Å². The molecule has 1 heterocycles. The zero-order valence-electron chi connectivity index (χ0n) is 23.9. The number of unbranched alkanes of at least 4 members (excludes halogenated alkanes) is 3. The molecule has 0 radical (unpaired) electrons. The summed E-state index contributed by atoms with van der Waals surface area (Å²) in [7, 11) is 5.37. The van der Waals surface area contributed by atoms with Gasteiger partial charge in [0, 0.05) is 18.7 Å². The first-order chi connectivity index (χ1) is 18.8. The number of rotatable bonds is 15. The van der Waals surface area contributed by atoms with Gasteiger partial charge in [0.1, 0.15) is 11.5 Å². The molecule has 1 N–H and O–H groups in total. The molecule has 0 spiro atoms. The number of methoxy groups -OCH3 is 1. The molecule has 212 valence electrons. The molecule has 0 aliphatic carbocycles. The molecule has 2 aromatic rings. The standard InChI is InChI=1S/C31H42N2O6/c1-6-8-10-19-39-25-15-14-22(21-26(25)37-5)28-27(30(35)31(36)33(28)17-16-32(3)4)29(34)23-12-11-13-24(20-23)38-18-9-7-2/h11-15,20-21,28,34H,6-10,16-19H2,1-5H3/b29-27+. The fraction of sp³-hybridized carbons (Fsp3) is 0.484. The quantitative estimate of drug-likeness (QED) is 0.140. The van der Waals surface area contributed by atoms with Crippen molar-refractivity contribution in [2.45, 2.75) is 52.0 Å². The molecule has 8 nitrogen and oxygen atoms in total. The maximum atomic E-state index is 13.4. The SMILES string of the molecule is CCCCCOc1ccc(C2/C(=C(\O)c3cccc(OCCCC)c3)C(=O)C(=O)N2CCN(C)C)cc1OC. The van der Waals surface area contributed by atoms with E-state index in [4.69, 9.17) is 14.2 Å². The number of carbonyl (C=O) groups excluding carboxylic acids is 2. The monoisotopic (exact) mass is 538 g/mol. The second-order valence-corrected chi connectivity index (χ2v) is 9.99. The minimum Gasteiger partial charge on any atom is -0.507 e. The first-order valence-electron chi connectivity index (χ1n) is 13.8. The lowest BCUT2D eigenvalue weighted by Gasteiger charge is -2.27. The van der Waals surface area contributed by atoms with Crippen LogP contribution in [0.1, 0.15) is 63.1 Å². The van der Waals surface area contributed by atoms with Crippen LogP contribution in [0, 0.1) is 0 Å². The lowest BCUT2D eigenvalue weighted by Crippen LogP contribution is -2.35. The maximum Gasteiger partial charge on any atom is 0.295 e. The Bertz CT molecular complexity index is 1160. The lowest BCUT2D eigenvalue weighted by molar-refractivity contribution is -0.140. The van der Waals surface area contributed by atoms with Gasteiger partial charge in [-0.2, -0.15) is 0 Å². The predicted molar refractivity (Wildman–Crippen MR) is 152 cm³/mol. The first kappa shape index (κ1) is 30.0. The van der Waals surface area contributed by atoms with Crippen LogP contribution in [0.2, 0.25) is 0 Å². The summed E-state index contributed by atoms with van der Waals surface area (Å²) >= 11 is 0. The van der Waals surface area contributed by atoms with E-state index in [1.807, 2.05) is 31.1 Å². The Labute approximate surface area is 232 Å². The maximum absolute atomic E-state index is 13.4. The van der Waals surface area contributed by atoms with Crippen LogP contribution < -0.4 is 14.2 Å². The zero-order valence-corrected chi connectivity index (χ0v) is 23.9. The fourth-order valence-corrected chi connectivity index (χ4v) is 4.50. The van der Waals surface area contributed by atoms with Crippen LogP contribution in [0.3, 0.4) is 0 Å². The molecule has 1 unspecified atom stereocenters. The highest BCUT2D eigenvalue weighted by atomic mass is 16.5. The van der Waals surface area contributed by atoms with Crippen molar-refractivity contribution in [1.82, 2.24) is 9.80 Å². The Kier molecular flexibility index (Phi) is 11.2. The van der Waals surface area contributed by atoms with Crippen LogP contribution in [-0.4, -0.2) is 74.1 Å². The van der Waals surface area contributed by atoms with Gasteiger partial charge in [0.15, 0.2) is 11.5 Å². The molecular weight excluding hydrogens is 496 g/mol. The van der Waals surface area contributed by atoms with Gasteiger partial charge in [-0.1, -0.05) is 51.3 Å². The smallest absolute Gasteiger partial charge is 0.295 e. The van der Waals surface area contributed by atoms with Crippen LogP contribution in [0.25, 0.3) is 5.76 Å². The summed E-state index contributed by atoms with van der Waals surface area (Å²) in [6.07, 6.45) is 5.02. The topological polar surface area (TPSA) is 88.5 Å². The van der Waals surface area contributed by atoms with Gasteiger partial charge in [0.05, 0.1) is 31.9 Å². The third kappa shape index (κ3) is 7.53. The molecule has 0 saturated carbocycles. The molecule has 1 amide bonds. The summed E-state index contributed by atoms with van der Waals surface area (Å²) in [5, 5.41) is 11.4. The number of aliphatic hydroxyl groups is 1. The van der Waals surface area contributed by atoms with Crippen LogP contribution in [0.5, 0.6) is 17.2 Å². The largest absolute Gasteiger partial charge is 0.507 e. The number of hydrogen-bond acceptors (Lipinski definition) is 7. The summed E-state index contributed by atoms with van der Waals surface area (Å²) in [4.78, 5) is 30.1. The molecule has 0 aromatic heterocycles. The van der Waals surface area contributed by atoms with E-state index in [-0.39, 0.29) is 11.3 Å². The van der Waals surface area contributed by atoms with E-state index < -0.39 is 17.7 Å². The van der Waals surface area contributed by atoms with Crippen LogP contribution in [0.15, 0.2) is 48.0 Å². The van der Waals surface area contributed by atoms with E-state index in [1.165, 1.54) is 4.90 Å². The summed E-state index contributed by atoms with van der Waals surface area (Å²) in [6, 6.07) is 11.6. The van der Waals surface area contributed by atoms with Gasteiger partial charge in [0.2, 0.25) is 0 Å².